The van der Waals surface area contributed by atoms with Crippen molar-refractivity contribution in [2.24, 2.45) is 0 Å². The first-order valence-electron chi connectivity index (χ1n) is 4.86. The van der Waals surface area contributed by atoms with Gasteiger partial charge in [0.25, 0.3) is 0 Å². The molecule has 5 heteroatoms. The van der Waals surface area contributed by atoms with Crippen LogP contribution in [0.4, 0.5) is 0 Å². The predicted octanol–water partition coefficient (Wildman–Crippen LogP) is 3.10. The third-order valence-corrected chi connectivity index (χ3v) is 3.08. The van der Waals surface area contributed by atoms with Gasteiger partial charge in [0.05, 0.1) is 4.88 Å². The molecule has 16 heavy (non-hydrogen) atoms. The van der Waals surface area contributed by atoms with E-state index >= 15 is 0 Å². The summed E-state index contributed by atoms with van der Waals surface area (Å²) in [4.78, 5) is 5.46. The van der Waals surface area contributed by atoms with Crippen molar-refractivity contribution in [1.29, 1.82) is 0 Å². The summed E-state index contributed by atoms with van der Waals surface area (Å²) in [5.41, 5.74) is 0. The molecule has 0 fully saturated rings. The molecule has 0 aliphatic heterocycles. The molecule has 0 aliphatic carbocycles. The molecule has 3 heterocycles. The highest BCUT2D eigenvalue weighted by atomic mass is 32.1. The number of nitrogens with zero attached hydrogens (tertiary/aromatic N) is 2. The van der Waals surface area contributed by atoms with Crippen molar-refractivity contribution in [3.8, 4) is 22.3 Å². The lowest BCUT2D eigenvalue weighted by atomic mass is 10.4. The van der Waals surface area contributed by atoms with Crippen LogP contribution in [-0.4, -0.2) is 15.2 Å². The Morgan fingerprint density at radius 2 is 2.25 bits per heavy atom. The second-order valence-electron chi connectivity index (χ2n) is 3.40. The molecule has 4 nitrogen and oxygen atoms in total. The zero-order chi connectivity index (χ0) is 11.0. The van der Waals surface area contributed by atoms with Crippen LogP contribution in [0.25, 0.3) is 22.3 Å². The van der Waals surface area contributed by atoms with Gasteiger partial charge in [-0.2, -0.15) is 0 Å². The summed E-state index contributed by atoms with van der Waals surface area (Å²) in [7, 11) is 0. The largest absolute Gasteiger partial charge is 0.458 e. The van der Waals surface area contributed by atoms with Gasteiger partial charge in [-0.15, -0.1) is 16.4 Å². The molecule has 0 atom stereocenters. The lowest BCUT2D eigenvalue weighted by Crippen LogP contribution is -1.76. The van der Waals surface area contributed by atoms with E-state index in [9.17, 15) is 0 Å². The normalized spacial score (nSPS) is 10.8. The van der Waals surface area contributed by atoms with Gasteiger partial charge in [0.2, 0.25) is 5.82 Å². The number of aryl methyl sites for hydroxylation is 1. The molecule has 3 rings (SSSR count). The zero-order valence-corrected chi connectivity index (χ0v) is 9.41. The third-order valence-electron chi connectivity index (χ3n) is 2.20. The first kappa shape index (κ1) is 9.35. The van der Waals surface area contributed by atoms with Gasteiger partial charge in [0.1, 0.15) is 5.76 Å². The molecule has 80 valence electrons. The number of thiophene rings is 1. The monoisotopic (exact) mass is 231 g/mol. The maximum atomic E-state index is 5.46. The summed E-state index contributed by atoms with van der Waals surface area (Å²) in [6, 6.07) is 7.76. The number of H-pyrrole nitrogens is 1. The molecule has 0 saturated heterocycles. The molecule has 0 aliphatic rings. The van der Waals surface area contributed by atoms with Crippen LogP contribution in [0.1, 0.15) is 5.76 Å². The average Bonchev–Trinajstić information content (AvgIpc) is 2.97. The van der Waals surface area contributed by atoms with Crippen molar-refractivity contribution in [3.05, 3.63) is 35.4 Å². The van der Waals surface area contributed by atoms with Gasteiger partial charge in [-0.1, -0.05) is 6.07 Å². The van der Waals surface area contributed by atoms with Crippen LogP contribution in [-0.2, 0) is 0 Å². The molecule has 0 aromatic carbocycles. The molecule has 3 aromatic rings. The van der Waals surface area contributed by atoms with E-state index in [-0.39, 0.29) is 0 Å². The fourth-order valence-corrected chi connectivity index (χ4v) is 2.11. The Morgan fingerprint density at radius 1 is 1.31 bits per heavy atom. The summed E-state index contributed by atoms with van der Waals surface area (Å²) < 4.78 is 5.46. The number of hydrogen-bond donors (Lipinski definition) is 1. The summed E-state index contributed by atoms with van der Waals surface area (Å²) in [6.07, 6.45) is 0. The van der Waals surface area contributed by atoms with Crippen LogP contribution in [0.15, 0.2) is 34.1 Å². The lowest BCUT2D eigenvalue weighted by Gasteiger charge is -1.87. The Balaban J connectivity index is 2.00. The van der Waals surface area contributed by atoms with Crippen LogP contribution in [0, 0.1) is 6.92 Å². The van der Waals surface area contributed by atoms with Crippen molar-refractivity contribution < 1.29 is 4.42 Å². The average molecular weight is 231 g/mol. The molecule has 0 radical (unpaired) electrons. The maximum Gasteiger partial charge on any atom is 0.217 e. The van der Waals surface area contributed by atoms with Crippen LogP contribution >= 0.6 is 11.3 Å². The molecule has 0 unspecified atom stereocenters. The highest BCUT2D eigenvalue weighted by Crippen LogP contribution is 2.24. The molecule has 0 bridgehead atoms. The quantitative estimate of drug-likeness (QED) is 0.737. The molecule has 0 spiro atoms. The molecular formula is C11H9N3OS. The molecule has 0 saturated carbocycles. The van der Waals surface area contributed by atoms with E-state index in [0.29, 0.717) is 11.6 Å². The fourth-order valence-electron chi connectivity index (χ4n) is 1.45. The summed E-state index contributed by atoms with van der Waals surface area (Å²) in [5, 5.41) is 9.05. The Hall–Kier alpha value is -1.88. The first-order chi connectivity index (χ1) is 7.83. The summed E-state index contributed by atoms with van der Waals surface area (Å²) in [6.45, 7) is 1.90. The second kappa shape index (κ2) is 3.61. The number of nitrogens with one attached hydrogen (secondary N) is 1. The zero-order valence-electron chi connectivity index (χ0n) is 8.60. The standard InChI is InChI=1S/C11H9N3OS/c1-7-4-5-8(15-7)10-12-11(14-13-10)9-3-2-6-16-9/h2-6H,1H3,(H,12,13,14). The Morgan fingerprint density at radius 3 is 2.94 bits per heavy atom. The van der Waals surface area contributed by atoms with Crippen LogP contribution in [0.2, 0.25) is 0 Å². The number of aromatic amines is 1. The van der Waals surface area contributed by atoms with Gasteiger partial charge in [-0.3, -0.25) is 5.10 Å². The maximum absolute atomic E-state index is 5.46. The van der Waals surface area contributed by atoms with Gasteiger partial charge >= 0.3 is 0 Å². The van der Waals surface area contributed by atoms with Crippen LogP contribution in [0.5, 0.6) is 0 Å². The van der Waals surface area contributed by atoms with E-state index < -0.39 is 0 Å². The Labute approximate surface area is 96.0 Å². The number of aromatic nitrogens is 3. The smallest absolute Gasteiger partial charge is 0.217 e. The lowest BCUT2D eigenvalue weighted by molar-refractivity contribution is 0.544. The number of rotatable bonds is 2. The predicted molar refractivity (Wildman–Crippen MR) is 62.1 cm³/mol. The Bertz CT molecular complexity index is 594. The highest BCUT2D eigenvalue weighted by Gasteiger charge is 2.10. The van der Waals surface area contributed by atoms with E-state index in [1.54, 1.807) is 11.3 Å². The first-order valence-corrected chi connectivity index (χ1v) is 5.74. The SMILES string of the molecule is Cc1ccc(-c2n[nH]c(-c3cccs3)n2)o1. The molecule has 1 N–H and O–H groups in total. The minimum Gasteiger partial charge on any atom is -0.458 e. The Kier molecular flexibility index (Phi) is 2.11. The molecule has 3 aromatic heterocycles. The van der Waals surface area contributed by atoms with Crippen molar-refractivity contribution in [2.75, 3.05) is 0 Å². The summed E-state index contributed by atoms with van der Waals surface area (Å²) in [5.74, 6) is 2.92. The van der Waals surface area contributed by atoms with Gasteiger partial charge in [-0.05, 0) is 30.5 Å². The van der Waals surface area contributed by atoms with E-state index in [2.05, 4.69) is 15.2 Å². The van der Waals surface area contributed by atoms with Crippen molar-refractivity contribution in [1.82, 2.24) is 15.2 Å². The van der Waals surface area contributed by atoms with Crippen molar-refractivity contribution in [3.63, 3.8) is 0 Å². The van der Waals surface area contributed by atoms with E-state index in [1.807, 2.05) is 36.6 Å². The third kappa shape index (κ3) is 1.55. The van der Waals surface area contributed by atoms with Gasteiger partial charge < -0.3 is 4.42 Å². The van der Waals surface area contributed by atoms with Crippen molar-refractivity contribution >= 4 is 11.3 Å². The minimum absolute atomic E-state index is 0.594. The molecular weight excluding hydrogens is 222 g/mol. The van der Waals surface area contributed by atoms with E-state index in [1.165, 1.54) is 0 Å². The summed E-state index contributed by atoms with van der Waals surface area (Å²) >= 11 is 1.63. The van der Waals surface area contributed by atoms with Crippen molar-refractivity contribution in [2.45, 2.75) is 6.92 Å². The van der Waals surface area contributed by atoms with Crippen LogP contribution in [0.3, 0.4) is 0 Å². The van der Waals surface area contributed by atoms with E-state index in [0.717, 1.165) is 16.5 Å². The van der Waals surface area contributed by atoms with Crippen LogP contribution < -0.4 is 0 Å². The fraction of sp³-hybridized carbons (Fsp3) is 0.0909. The number of hydrogen-bond acceptors (Lipinski definition) is 4. The second-order valence-corrected chi connectivity index (χ2v) is 4.34. The van der Waals surface area contributed by atoms with Gasteiger partial charge in [0, 0.05) is 0 Å². The van der Waals surface area contributed by atoms with E-state index in [4.69, 9.17) is 4.42 Å². The highest BCUT2D eigenvalue weighted by molar-refractivity contribution is 7.13. The van der Waals surface area contributed by atoms with Gasteiger partial charge in [0.15, 0.2) is 11.6 Å². The topological polar surface area (TPSA) is 54.7 Å². The molecule has 0 amide bonds. The van der Waals surface area contributed by atoms with Gasteiger partial charge in [-0.25, -0.2) is 4.98 Å². The number of furan rings is 1. The minimum atomic E-state index is 0.594.